The van der Waals surface area contributed by atoms with E-state index in [1.807, 2.05) is 11.8 Å². The molecule has 0 bridgehead atoms. The third-order valence-electron chi connectivity index (χ3n) is 5.14. The number of cyclic esters (lactones) is 1. The minimum Gasteiger partial charge on any atom is -0.453 e. The molecule has 0 spiro atoms. The van der Waals surface area contributed by atoms with Crippen LogP contribution in [0.3, 0.4) is 0 Å². The van der Waals surface area contributed by atoms with E-state index in [0.717, 1.165) is 0 Å². The van der Waals surface area contributed by atoms with Crippen molar-refractivity contribution in [2.24, 2.45) is 5.92 Å². The lowest BCUT2D eigenvalue weighted by molar-refractivity contribution is -0.119. The number of methoxy groups -OCH3 is 1. The molecule has 0 unspecified atom stereocenters. The van der Waals surface area contributed by atoms with Gasteiger partial charge in [-0.25, -0.2) is 14.0 Å². The molecule has 2 heterocycles. The molecule has 9 nitrogen and oxygen atoms in total. The number of nitrogens with one attached hydrogen (secondary N) is 2. The first-order valence-corrected chi connectivity index (χ1v) is 9.40. The topological polar surface area (TPSA) is 100 Å². The van der Waals surface area contributed by atoms with Crippen molar-refractivity contribution in [1.29, 1.82) is 0 Å². The number of amides is 3. The smallest absolute Gasteiger partial charge is 0.414 e. The lowest BCUT2D eigenvalue weighted by Crippen LogP contribution is -2.39. The molecular formula is C19H25FN4O5. The van der Waals surface area contributed by atoms with Gasteiger partial charge in [-0.1, -0.05) is 6.92 Å². The zero-order chi connectivity index (χ0) is 21.1. The fraction of sp³-hybridized carbons (Fsp3) is 0.526. The Hall–Kier alpha value is -3.04. The van der Waals surface area contributed by atoms with E-state index in [9.17, 15) is 18.8 Å². The summed E-state index contributed by atoms with van der Waals surface area (Å²) in [6.45, 7) is 4.82. The zero-order valence-electron chi connectivity index (χ0n) is 16.6. The largest absolute Gasteiger partial charge is 0.453 e. The van der Waals surface area contributed by atoms with Crippen LogP contribution in [0.5, 0.6) is 0 Å². The number of anilines is 2. The van der Waals surface area contributed by atoms with Gasteiger partial charge in [-0.15, -0.1) is 0 Å². The van der Waals surface area contributed by atoms with Crippen LogP contribution in [0.1, 0.15) is 13.8 Å². The second-order valence-electron chi connectivity index (χ2n) is 7.31. The van der Waals surface area contributed by atoms with Crippen molar-refractivity contribution in [2.45, 2.75) is 26.0 Å². The normalized spacial score (nSPS) is 23.7. The molecule has 0 radical (unpaired) electrons. The van der Waals surface area contributed by atoms with Crippen LogP contribution in [-0.4, -0.2) is 63.5 Å². The van der Waals surface area contributed by atoms with E-state index in [4.69, 9.17) is 4.74 Å². The Bertz CT molecular complexity index is 805. The van der Waals surface area contributed by atoms with E-state index in [1.165, 1.54) is 25.0 Å². The number of benzene rings is 1. The molecule has 3 amide bonds. The number of hydrogen-bond donors (Lipinski definition) is 2. The van der Waals surface area contributed by atoms with Crippen LogP contribution >= 0.6 is 0 Å². The maximum atomic E-state index is 14.8. The van der Waals surface area contributed by atoms with Crippen LogP contribution in [-0.2, 0) is 14.3 Å². The van der Waals surface area contributed by atoms with Crippen molar-refractivity contribution in [3.63, 3.8) is 0 Å². The monoisotopic (exact) mass is 408 g/mol. The molecule has 2 N–H and O–H groups in total. The van der Waals surface area contributed by atoms with E-state index in [2.05, 4.69) is 15.4 Å². The van der Waals surface area contributed by atoms with E-state index < -0.39 is 24.1 Å². The summed E-state index contributed by atoms with van der Waals surface area (Å²) in [7, 11) is 1.30. The zero-order valence-corrected chi connectivity index (χ0v) is 16.6. The summed E-state index contributed by atoms with van der Waals surface area (Å²) < 4.78 is 24.7. The fourth-order valence-corrected chi connectivity index (χ4v) is 3.58. The molecule has 10 heteroatoms. The van der Waals surface area contributed by atoms with Gasteiger partial charge in [0.1, 0.15) is 11.9 Å². The average molecular weight is 408 g/mol. The number of rotatable bonds is 5. The highest BCUT2D eigenvalue weighted by Gasteiger charge is 2.35. The molecule has 1 aromatic rings. The summed E-state index contributed by atoms with van der Waals surface area (Å²) in [5.74, 6) is -0.558. The first-order valence-electron chi connectivity index (χ1n) is 9.40. The van der Waals surface area contributed by atoms with Crippen molar-refractivity contribution >= 4 is 29.5 Å². The van der Waals surface area contributed by atoms with Gasteiger partial charge in [-0.05, 0) is 24.1 Å². The minimum absolute atomic E-state index is 0.122. The molecule has 3 atom stereocenters. The molecule has 2 aliphatic rings. The van der Waals surface area contributed by atoms with Gasteiger partial charge in [0.25, 0.3) is 0 Å². The standard InChI is InChI=1S/C19H25FN4O5/c1-11-8-23(10-16(11)22-18(26)28-3)17-5-4-13(6-15(17)20)24-9-14(29-19(24)27)7-21-12(2)25/h4-6,11,14,16H,7-10H2,1-3H3,(H,21,25)(H,22,26)/t11-,14+,16-/m1/s1. The summed E-state index contributed by atoms with van der Waals surface area (Å²) >= 11 is 0. The van der Waals surface area contributed by atoms with Crippen LogP contribution in [0.25, 0.3) is 0 Å². The molecule has 3 rings (SSSR count). The highest BCUT2D eigenvalue weighted by atomic mass is 19.1. The maximum Gasteiger partial charge on any atom is 0.414 e. The average Bonchev–Trinajstić information content (AvgIpc) is 3.22. The number of carbonyl (C=O) groups is 3. The summed E-state index contributed by atoms with van der Waals surface area (Å²) in [5, 5.41) is 5.36. The molecule has 2 saturated heterocycles. The first kappa shape index (κ1) is 20.7. The van der Waals surface area contributed by atoms with Crippen molar-refractivity contribution in [1.82, 2.24) is 10.6 Å². The number of carbonyl (C=O) groups excluding carboxylic acids is 3. The van der Waals surface area contributed by atoms with Gasteiger partial charge in [-0.2, -0.15) is 0 Å². The molecule has 2 fully saturated rings. The van der Waals surface area contributed by atoms with Gasteiger partial charge < -0.3 is 25.0 Å². The van der Waals surface area contributed by atoms with E-state index in [1.54, 1.807) is 12.1 Å². The number of nitrogens with zero attached hydrogens (tertiary/aromatic N) is 2. The molecule has 158 valence electrons. The van der Waals surface area contributed by atoms with E-state index in [0.29, 0.717) is 24.5 Å². The quantitative estimate of drug-likeness (QED) is 0.765. The Labute approximate surface area is 168 Å². The van der Waals surface area contributed by atoms with Crippen LogP contribution in [0.4, 0.5) is 25.4 Å². The molecule has 0 saturated carbocycles. The molecule has 0 aliphatic carbocycles. The SMILES string of the molecule is COC(=O)N[C@@H]1CN(c2ccc(N3C[C@H](CNC(C)=O)OC3=O)cc2F)C[C@H]1C. The first-order chi connectivity index (χ1) is 13.8. The number of hydrogen-bond acceptors (Lipinski definition) is 6. The second-order valence-corrected chi connectivity index (χ2v) is 7.31. The molecule has 0 aromatic heterocycles. The van der Waals surface area contributed by atoms with Crippen LogP contribution in [0, 0.1) is 11.7 Å². The Morgan fingerprint density at radius 2 is 2.07 bits per heavy atom. The fourth-order valence-electron chi connectivity index (χ4n) is 3.58. The Balaban J connectivity index is 1.67. The maximum absolute atomic E-state index is 14.8. The lowest BCUT2D eigenvalue weighted by Gasteiger charge is -2.21. The molecular weight excluding hydrogens is 383 g/mol. The van der Waals surface area contributed by atoms with Crippen molar-refractivity contribution in [3.8, 4) is 0 Å². The van der Waals surface area contributed by atoms with Gasteiger partial charge in [0.05, 0.1) is 37.6 Å². The van der Waals surface area contributed by atoms with Gasteiger partial charge >= 0.3 is 12.2 Å². The highest BCUT2D eigenvalue weighted by molar-refractivity contribution is 5.90. The van der Waals surface area contributed by atoms with E-state index >= 15 is 0 Å². The van der Waals surface area contributed by atoms with Crippen LogP contribution < -0.4 is 20.4 Å². The number of alkyl carbamates (subject to hydrolysis) is 1. The third-order valence-corrected chi connectivity index (χ3v) is 5.14. The van der Waals surface area contributed by atoms with Crippen molar-refractivity contribution < 1.29 is 28.2 Å². The Kier molecular flexibility index (Phi) is 6.09. The summed E-state index contributed by atoms with van der Waals surface area (Å²) in [4.78, 5) is 37.8. The van der Waals surface area contributed by atoms with Gasteiger partial charge in [-0.3, -0.25) is 9.69 Å². The highest BCUT2D eigenvalue weighted by Crippen LogP contribution is 2.31. The van der Waals surface area contributed by atoms with E-state index in [-0.39, 0.29) is 31.0 Å². The molecule has 29 heavy (non-hydrogen) atoms. The second kappa shape index (κ2) is 8.54. The third kappa shape index (κ3) is 4.69. The summed E-state index contributed by atoms with van der Waals surface area (Å²) in [5.41, 5.74) is 0.787. The summed E-state index contributed by atoms with van der Waals surface area (Å²) in [6.07, 6.45) is -1.58. The predicted molar refractivity (Wildman–Crippen MR) is 103 cm³/mol. The molecule has 1 aromatic carbocycles. The van der Waals surface area contributed by atoms with Crippen molar-refractivity contribution in [3.05, 3.63) is 24.0 Å². The summed E-state index contributed by atoms with van der Waals surface area (Å²) in [6, 6.07) is 4.42. The number of ether oxygens (including phenoxy) is 2. The van der Waals surface area contributed by atoms with Crippen molar-refractivity contribution in [2.75, 3.05) is 43.1 Å². The predicted octanol–water partition coefficient (Wildman–Crippen LogP) is 1.47. The van der Waals surface area contributed by atoms with Gasteiger partial charge in [0.2, 0.25) is 5.91 Å². The van der Waals surface area contributed by atoms with Crippen LogP contribution in [0.2, 0.25) is 0 Å². The van der Waals surface area contributed by atoms with Crippen LogP contribution in [0.15, 0.2) is 18.2 Å². The number of halogens is 1. The Morgan fingerprint density at radius 3 is 2.72 bits per heavy atom. The van der Waals surface area contributed by atoms with Gasteiger partial charge in [0.15, 0.2) is 0 Å². The minimum atomic E-state index is -0.579. The van der Waals surface area contributed by atoms with Gasteiger partial charge in [0, 0.05) is 20.0 Å². The lowest BCUT2D eigenvalue weighted by atomic mass is 10.1. The molecule has 2 aliphatic heterocycles. The Morgan fingerprint density at radius 1 is 1.31 bits per heavy atom.